The molecule has 1 spiro atoms. The lowest BCUT2D eigenvalue weighted by molar-refractivity contribution is 0.0383. The van der Waals surface area contributed by atoms with Crippen molar-refractivity contribution in [1.82, 2.24) is 24.1 Å². The molecule has 1 aromatic rings. The fourth-order valence-electron chi connectivity index (χ4n) is 3.15. The van der Waals surface area contributed by atoms with Gasteiger partial charge in [0.25, 0.3) is 0 Å². The number of ether oxygens (including phenoxy) is 1. The zero-order valence-corrected chi connectivity index (χ0v) is 16.7. The Balaban J connectivity index is 1.59. The van der Waals surface area contributed by atoms with Crippen molar-refractivity contribution >= 4 is 29.0 Å². The topological polar surface area (TPSA) is 113 Å². The molecule has 1 aliphatic carbocycles. The van der Waals surface area contributed by atoms with Crippen molar-refractivity contribution in [2.75, 3.05) is 6.54 Å². The number of nitrogens with zero attached hydrogens (tertiary/aromatic N) is 3. The van der Waals surface area contributed by atoms with Gasteiger partial charge in [0.1, 0.15) is 5.60 Å². The molecule has 2 aliphatic rings. The third-order valence-corrected chi connectivity index (χ3v) is 5.70. The molecule has 1 aromatic heterocycles. The number of hydrogen-bond donors (Lipinski definition) is 3. The van der Waals surface area contributed by atoms with E-state index in [0.717, 1.165) is 19.3 Å². The van der Waals surface area contributed by atoms with Crippen molar-refractivity contribution in [2.45, 2.75) is 64.3 Å². The number of carbonyl (C=O) groups is 1. The summed E-state index contributed by atoms with van der Waals surface area (Å²) in [4.78, 5) is 11.7. The van der Waals surface area contributed by atoms with Gasteiger partial charge in [-0.15, -0.1) is 10.2 Å². The van der Waals surface area contributed by atoms with Crippen LogP contribution < -0.4 is 10.8 Å². The van der Waals surface area contributed by atoms with Crippen LogP contribution in [0, 0.1) is 5.41 Å². The van der Waals surface area contributed by atoms with Gasteiger partial charge in [-0.25, -0.2) is 13.4 Å². The highest BCUT2D eigenvalue weighted by atomic mass is 127. The molecule has 0 bridgehead atoms. The largest absolute Gasteiger partial charge is 0.444 e. The predicted molar refractivity (Wildman–Crippen MR) is 95.8 cm³/mol. The van der Waals surface area contributed by atoms with Crippen molar-refractivity contribution in [2.24, 2.45) is 5.41 Å². The van der Waals surface area contributed by atoms with E-state index in [4.69, 9.17) is 9.15 Å². The SMILES string of the molecule is CC(C)(C)OC(=O)NCc1nnc([C@@H]2CC3(CC3)C(NO)CN2I)o1. The Morgan fingerprint density at radius 3 is 2.80 bits per heavy atom. The average Bonchev–Trinajstić information content (AvgIpc) is 3.13. The number of hydroxylamine groups is 1. The van der Waals surface area contributed by atoms with Crippen LogP contribution in [0.25, 0.3) is 0 Å². The van der Waals surface area contributed by atoms with Crippen LogP contribution in [0.2, 0.25) is 0 Å². The van der Waals surface area contributed by atoms with Crippen LogP contribution in [0.1, 0.15) is 57.9 Å². The fraction of sp³-hybridized carbons (Fsp3) is 0.800. The molecule has 2 fully saturated rings. The van der Waals surface area contributed by atoms with Gasteiger partial charge in [-0.05, 0) is 45.4 Å². The number of aromatic nitrogens is 2. The maximum atomic E-state index is 11.7. The second-order valence-electron chi connectivity index (χ2n) is 7.74. The monoisotopic (exact) mass is 465 g/mol. The third-order valence-electron chi connectivity index (χ3n) is 4.63. The first-order chi connectivity index (χ1) is 11.7. The quantitative estimate of drug-likeness (QED) is 0.353. The summed E-state index contributed by atoms with van der Waals surface area (Å²) in [5.74, 6) is 0.885. The molecule has 1 aliphatic heterocycles. The third kappa shape index (κ3) is 4.41. The van der Waals surface area contributed by atoms with E-state index in [1.807, 2.05) is 0 Å². The average molecular weight is 465 g/mol. The Morgan fingerprint density at radius 2 is 2.20 bits per heavy atom. The van der Waals surface area contributed by atoms with Crippen LogP contribution in [-0.4, -0.2) is 42.8 Å². The van der Waals surface area contributed by atoms with Crippen molar-refractivity contribution < 1.29 is 19.2 Å². The number of rotatable bonds is 4. The van der Waals surface area contributed by atoms with Crippen molar-refractivity contribution in [1.29, 1.82) is 0 Å². The predicted octanol–water partition coefficient (Wildman–Crippen LogP) is 2.32. The first-order valence-corrected chi connectivity index (χ1v) is 9.30. The Kier molecular flexibility index (Phi) is 5.24. The normalized spacial score (nSPS) is 25.8. The second kappa shape index (κ2) is 6.97. The molecule has 25 heavy (non-hydrogen) atoms. The zero-order chi connectivity index (χ0) is 18.2. The number of hydrogen-bond acceptors (Lipinski definition) is 8. The van der Waals surface area contributed by atoms with Crippen molar-refractivity contribution in [3.63, 3.8) is 0 Å². The van der Waals surface area contributed by atoms with E-state index in [2.05, 4.69) is 47.0 Å². The highest BCUT2D eigenvalue weighted by Gasteiger charge is 2.55. The van der Waals surface area contributed by atoms with E-state index in [0.29, 0.717) is 18.3 Å². The summed E-state index contributed by atoms with van der Waals surface area (Å²) in [6.07, 6.45) is 2.52. The Hall–Kier alpha value is -0.980. The van der Waals surface area contributed by atoms with E-state index in [-0.39, 0.29) is 24.0 Å². The van der Waals surface area contributed by atoms with Crippen LogP contribution >= 0.6 is 22.9 Å². The lowest BCUT2D eigenvalue weighted by atomic mass is 9.85. The Labute approximate surface area is 160 Å². The Morgan fingerprint density at radius 1 is 1.48 bits per heavy atom. The molecule has 0 aromatic carbocycles. The van der Waals surface area contributed by atoms with Crippen LogP contribution in [0.15, 0.2) is 4.42 Å². The minimum absolute atomic E-state index is 0.00970. The summed E-state index contributed by atoms with van der Waals surface area (Å²) < 4.78 is 13.0. The molecule has 9 nitrogen and oxygen atoms in total. The maximum absolute atomic E-state index is 11.7. The van der Waals surface area contributed by atoms with E-state index in [1.165, 1.54) is 0 Å². The number of piperidine rings is 1. The first-order valence-electron chi connectivity index (χ1n) is 8.34. The van der Waals surface area contributed by atoms with E-state index in [1.54, 1.807) is 20.8 Å². The molecular weight excluding hydrogens is 441 g/mol. The van der Waals surface area contributed by atoms with Gasteiger partial charge in [0.15, 0.2) is 0 Å². The molecule has 1 saturated heterocycles. The molecule has 3 N–H and O–H groups in total. The lowest BCUT2D eigenvalue weighted by Gasteiger charge is -2.39. The summed E-state index contributed by atoms with van der Waals surface area (Å²) in [7, 11) is 0. The fourth-order valence-corrected chi connectivity index (χ4v) is 3.98. The highest BCUT2D eigenvalue weighted by Crippen LogP contribution is 2.58. The summed E-state index contributed by atoms with van der Waals surface area (Å²) in [5.41, 5.74) is 2.00. The van der Waals surface area contributed by atoms with Crippen LogP contribution in [0.5, 0.6) is 0 Å². The minimum atomic E-state index is -0.552. The summed E-state index contributed by atoms with van der Waals surface area (Å²) in [6.45, 7) is 6.24. The van der Waals surface area contributed by atoms with E-state index in [9.17, 15) is 10.0 Å². The molecule has 2 atom stereocenters. The number of carbonyl (C=O) groups excluding carboxylic acids is 1. The standard InChI is InChI=1S/C15H24IN5O4/c1-14(2,3)25-13(22)17-7-11-18-19-12(24-11)9-6-15(4-5-15)10(20-23)8-21(9)16/h9-10,20,23H,4-8H2,1-3H3,(H,17,22)/t9-,10?/m0/s1. The molecule has 1 saturated carbocycles. The maximum Gasteiger partial charge on any atom is 0.408 e. The van der Waals surface area contributed by atoms with Gasteiger partial charge in [-0.2, -0.15) is 0 Å². The number of amides is 1. The summed E-state index contributed by atoms with van der Waals surface area (Å²) in [5, 5.41) is 20.1. The minimum Gasteiger partial charge on any atom is -0.444 e. The molecule has 0 radical (unpaired) electrons. The number of alkyl carbamates (subject to hydrolysis) is 1. The van der Waals surface area contributed by atoms with Crippen LogP contribution in [0.3, 0.4) is 0 Å². The first kappa shape index (κ1) is 18.8. The van der Waals surface area contributed by atoms with E-state index >= 15 is 0 Å². The molecule has 10 heteroatoms. The van der Waals surface area contributed by atoms with Gasteiger partial charge in [0.2, 0.25) is 11.8 Å². The van der Waals surface area contributed by atoms with Gasteiger partial charge >= 0.3 is 6.09 Å². The van der Waals surface area contributed by atoms with E-state index < -0.39 is 11.7 Å². The highest BCUT2D eigenvalue weighted by molar-refractivity contribution is 14.1. The van der Waals surface area contributed by atoms with Gasteiger partial charge < -0.3 is 19.7 Å². The van der Waals surface area contributed by atoms with Crippen LogP contribution in [0.4, 0.5) is 4.79 Å². The summed E-state index contributed by atoms with van der Waals surface area (Å²) in [6, 6.07) is 0.0763. The second-order valence-corrected chi connectivity index (χ2v) is 8.98. The van der Waals surface area contributed by atoms with Crippen LogP contribution in [-0.2, 0) is 11.3 Å². The molecular formula is C15H24IN5O4. The number of halogens is 1. The molecule has 2 heterocycles. The summed E-state index contributed by atoms with van der Waals surface area (Å²) >= 11 is 2.23. The molecule has 140 valence electrons. The number of nitrogens with one attached hydrogen (secondary N) is 2. The Bertz CT molecular complexity index is 628. The smallest absolute Gasteiger partial charge is 0.408 e. The molecule has 1 unspecified atom stereocenters. The van der Waals surface area contributed by atoms with Crippen molar-refractivity contribution in [3.8, 4) is 0 Å². The zero-order valence-electron chi connectivity index (χ0n) is 14.6. The lowest BCUT2D eigenvalue weighted by Crippen LogP contribution is -2.49. The van der Waals surface area contributed by atoms with Gasteiger partial charge in [0.05, 0.1) is 18.6 Å². The van der Waals surface area contributed by atoms with Gasteiger partial charge in [-0.1, -0.05) is 0 Å². The van der Waals surface area contributed by atoms with Gasteiger partial charge in [-0.3, -0.25) is 0 Å². The van der Waals surface area contributed by atoms with Crippen molar-refractivity contribution in [3.05, 3.63) is 11.8 Å². The molecule has 3 rings (SSSR count). The van der Waals surface area contributed by atoms with Gasteiger partial charge in [0, 0.05) is 29.4 Å². The molecule has 1 amide bonds.